The van der Waals surface area contributed by atoms with Crippen LogP contribution in [-0.2, 0) is 20.2 Å². The van der Waals surface area contributed by atoms with Crippen LogP contribution in [0.2, 0.25) is 0 Å². The minimum absolute atomic E-state index is 0. The van der Waals surface area contributed by atoms with Crippen molar-refractivity contribution in [3.63, 3.8) is 0 Å². The first-order chi connectivity index (χ1) is 4.69. The molecule has 0 aliphatic heterocycles. The van der Waals surface area contributed by atoms with Gasteiger partial charge in [0.1, 0.15) is 0 Å². The average Bonchev–Trinajstić information content (AvgIpc) is 1.56. The monoisotopic (exact) mass is 344 g/mol. The summed E-state index contributed by atoms with van der Waals surface area (Å²) >= 11 is 0. The van der Waals surface area contributed by atoms with Crippen LogP contribution in [0.4, 0.5) is 0 Å². The summed E-state index contributed by atoms with van der Waals surface area (Å²) in [4.78, 5) is 0. The van der Waals surface area contributed by atoms with Gasteiger partial charge >= 0.3 is 48.9 Å². The summed E-state index contributed by atoms with van der Waals surface area (Å²) in [7, 11) is -9.42. The summed E-state index contributed by atoms with van der Waals surface area (Å²) in [6.45, 7) is 1.21. The van der Waals surface area contributed by atoms with Gasteiger partial charge in [0.05, 0.1) is 0 Å². The summed E-state index contributed by atoms with van der Waals surface area (Å²) < 4.78 is 55.3. The SMILES string of the molecule is CCC(S(=O)(=O)O)S(=O)(=O)O.[Ba+2].[H-].[H-]. The van der Waals surface area contributed by atoms with E-state index in [9.17, 15) is 16.8 Å². The van der Waals surface area contributed by atoms with Gasteiger partial charge in [-0.05, 0) is 6.42 Å². The van der Waals surface area contributed by atoms with Crippen molar-refractivity contribution in [3.05, 3.63) is 0 Å². The fraction of sp³-hybridized carbons (Fsp3) is 1.00. The van der Waals surface area contributed by atoms with Crippen molar-refractivity contribution in [3.8, 4) is 0 Å². The fourth-order valence-corrected chi connectivity index (χ4v) is 2.65. The van der Waals surface area contributed by atoms with Crippen LogP contribution in [0.3, 0.4) is 0 Å². The summed E-state index contributed by atoms with van der Waals surface area (Å²) in [6.07, 6.45) is -0.391. The summed E-state index contributed by atoms with van der Waals surface area (Å²) in [6, 6.07) is 0. The zero-order valence-corrected chi connectivity index (χ0v) is 12.4. The predicted molar refractivity (Wildman–Crippen MR) is 45.2 cm³/mol. The first kappa shape index (κ1) is 15.8. The third-order valence-corrected chi connectivity index (χ3v) is 4.45. The Morgan fingerprint density at radius 1 is 1.17 bits per heavy atom. The van der Waals surface area contributed by atoms with Crippen LogP contribution in [0.5, 0.6) is 0 Å². The molecule has 0 unspecified atom stereocenters. The Labute approximate surface area is 114 Å². The van der Waals surface area contributed by atoms with Crippen LogP contribution in [0.15, 0.2) is 0 Å². The third-order valence-electron chi connectivity index (χ3n) is 0.998. The van der Waals surface area contributed by atoms with Crippen molar-refractivity contribution >= 4 is 69.1 Å². The molecule has 12 heavy (non-hydrogen) atoms. The molecule has 0 aliphatic carbocycles. The Morgan fingerprint density at radius 3 is 1.42 bits per heavy atom. The smallest absolute Gasteiger partial charge is 1.00 e. The van der Waals surface area contributed by atoms with E-state index in [1.807, 2.05) is 0 Å². The first-order valence-corrected chi connectivity index (χ1v) is 5.63. The van der Waals surface area contributed by atoms with Gasteiger partial charge in [-0.25, -0.2) is 0 Å². The van der Waals surface area contributed by atoms with E-state index < -0.39 is 31.2 Å². The molecule has 0 saturated carbocycles. The van der Waals surface area contributed by atoms with Crippen LogP contribution in [0.25, 0.3) is 0 Å². The van der Waals surface area contributed by atoms with Crippen LogP contribution >= 0.6 is 0 Å². The molecule has 0 aromatic carbocycles. The Kier molecular flexibility index (Phi) is 7.02. The zero-order chi connectivity index (χ0) is 9.28. The second-order valence-corrected chi connectivity index (χ2v) is 5.36. The maximum absolute atomic E-state index is 10.2. The van der Waals surface area contributed by atoms with Crippen molar-refractivity contribution < 1.29 is 28.8 Å². The molecule has 0 spiro atoms. The summed E-state index contributed by atoms with van der Waals surface area (Å²) in [5.74, 6) is 0. The molecule has 0 atom stereocenters. The van der Waals surface area contributed by atoms with Gasteiger partial charge in [0.15, 0.2) is 0 Å². The maximum atomic E-state index is 10.2. The molecular weight excluding hydrogens is 333 g/mol. The third kappa shape index (κ3) is 5.19. The molecule has 0 radical (unpaired) electrons. The van der Waals surface area contributed by atoms with Gasteiger partial charge in [0, 0.05) is 0 Å². The van der Waals surface area contributed by atoms with E-state index in [0.29, 0.717) is 0 Å². The number of hydrogen-bond donors (Lipinski definition) is 2. The van der Waals surface area contributed by atoms with Crippen molar-refractivity contribution in [1.29, 1.82) is 0 Å². The van der Waals surface area contributed by atoms with Gasteiger partial charge in [0.25, 0.3) is 20.2 Å². The first-order valence-electron chi connectivity index (χ1n) is 2.62. The van der Waals surface area contributed by atoms with Crippen LogP contribution in [-0.4, -0.2) is 79.4 Å². The Hall–Kier alpha value is 1.39. The second kappa shape index (κ2) is 5.32. The number of hydrogen-bond acceptors (Lipinski definition) is 4. The Bertz CT molecular complexity index is 291. The quantitative estimate of drug-likeness (QED) is 0.520. The van der Waals surface area contributed by atoms with Gasteiger partial charge in [-0.1, -0.05) is 6.92 Å². The Balaban J connectivity index is -0.000000167. The summed E-state index contributed by atoms with van der Waals surface area (Å²) in [5, 5.41) is 0. The van der Waals surface area contributed by atoms with Gasteiger partial charge in [-0.2, -0.15) is 16.8 Å². The molecule has 2 N–H and O–H groups in total. The molecule has 0 fully saturated rings. The Morgan fingerprint density at radius 2 is 1.42 bits per heavy atom. The molecule has 0 rings (SSSR count). The molecule has 0 aromatic rings. The molecule has 9 heteroatoms. The van der Waals surface area contributed by atoms with Gasteiger partial charge in [-0.15, -0.1) is 0 Å². The standard InChI is InChI=1S/C3H8O6S2.Ba.2H/c1-2-3(10(4,5)6)11(7,8)9;;;/h3H,2H2,1H3,(H,4,5,6)(H,7,8,9);;;/q;+2;2*-1. The predicted octanol–water partition coefficient (Wildman–Crippen LogP) is -0.658. The molecule has 0 amide bonds. The van der Waals surface area contributed by atoms with E-state index in [1.165, 1.54) is 6.92 Å². The van der Waals surface area contributed by atoms with Crippen LogP contribution in [0.1, 0.15) is 16.2 Å². The number of rotatable bonds is 3. The van der Waals surface area contributed by atoms with E-state index in [1.54, 1.807) is 0 Å². The van der Waals surface area contributed by atoms with E-state index in [4.69, 9.17) is 9.11 Å². The van der Waals surface area contributed by atoms with Crippen molar-refractivity contribution in [2.24, 2.45) is 0 Å². The van der Waals surface area contributed by atoms with E-state index in [2.05, 4.69) is 0 Å². The van der Waals surface area contributed by atoms with Crippen molar-refractivity contribution in [1.82, 2.24) is 0 Å². The molecule has 0 aromatic heterocycles. The van der Waals surface area contributed by atoms with E-state index >= 15 is 0 Å². The largest absolute Gasteiger partial charge is 2.00 e. The molecule has 0 bridgehead atoms. The minimum atomic E-state index is -4.71. The summed E-state index contributed by atoms with van der Waals surface area (Å²) in [5.41, 5.74) is 0. The van der Waals surface area contributed by atoms with Gasteiger partial charge in [0.2, 0.25) is 4.58 Å². The molecular formula is C3H10BaO6S2. The molecule has 0 heterocycles. The van der Waals surface area contributed by atoms with Gasteiger partial charge in [-0.3, -0.25) is 9.11 Å². The molecule has 0 saturated heterocycles. The molecule has 72 valence electrons. The maximum Gasteiger partial charge on any atom is 2.00 e. The normalized spacial score (nSPS) is 12.7. The van der Waals surface area contributed by atoms with Crippen molar-refractivity contribution in [2.75, 3.05) is 0 Å². The van der Waals surface area contributed by atoms with Gasteiger partial charge < -0.3 is 2.85 Å². The van der Waals surface area contributed by atoms with Crippen LogP contribution < -0.4 is 0 Å². The van der Waals surface area contributed by atoms with E-state index in [0.717, 1.165) is 0 Å². The van der Waals surface area contributed by atoms with E-state index in [-0.39, 0.29) is 51.7 Å². The second-order valence-electron chi connectivity index (χ2n) is 1.87. The zero-order valence-electron chi connectivity index (χ0n) is 8.34. The average molecular weight is 344 g/mol. The van der Waals surface area contributed by atoms with Crippen molar-refractivity contribution in [2.45, 2.75) is 17.9 Å². The minimum Gasteiger partial charge on any atom is -1.00 e. The molecule has 6 nitrogen and oxygen atoms in total. The molecule has 0 aliphatic rings. The fourth-order valence-electron chi connectivity index (χ4n) is 0.575. The topological polar surface area (TPSA) is 109 Å². The van der Waals surface area contributed by atoms with Crippen LogP contribution in [0, 0.1) is 0 Å².